The zero-order valence-electron chi connectivity index (χ0n) is 13.0. The molecule has 5 heteroatoms. The maximum atomic E-state index is 12.8. The fraction of sp³-hybridized carbons (Fsp3) is 0.529. The number of hydrogen-bond acceptors (Lipinski definition) is 4. The maximum absolute atomic E-state index is 12.8. The van der Waals surface area contributed by atoms with Crippen LogP contribution in [0.25, 0.3) is 0 Å². The molecule has 0 unspecified atom stereocenters. The average Bonchev–Trinajstić information content (AvgIpc) is 2.55. The standard InChI is InChI=1S/C17H22N2O3/c1-16-13(9-6-10-18-16)11-17(15(21)22-2,19-14(16)20)12-7-4-3-5-8-12/h3-5,7-8,13,18H,6,9-11H2,1-2H3,(H,19,20)/t13-,16-,17+/m0/s1. The highest BCUT2D eigenvalue weighted by atomic mass is 16.5. The van der Waals surface area contributed by atoms with Crippen molar-refractivity contribution < 1.29 is 14.3 Å². The lowest BCUT2D eigenvalue weighted by atomic mass is 9.66. The van der Waals surface area contributed by atoms with Crippen LogP contribution in [0.5, 0.6) is 0 Å². The van der Waals surface area contributed by atoms with E-state index < -0.39 is 17.0 Å². The summed E-state index contributed by atoms with van der Waals surface area (Å²) in [6, 6.07) is 9.38. The van der Waals surface area contributed by atoms with Crippen LogP contribution in [0.1, 0.15) is 31.7 Å². The Morgan fingerprint density at radius 2 is 2.05 bits per heavy atom. The molecular weight excluding hydrogens is 280 g/mol. The van der Waals surface area contributed by atoms with Crippen LogP contribution < -0.4 is 10.6 Å². The van der Waals surface area contributed by atoms with Crippen molar-refractivity contribution in [2.45, 2.75) is 37.3 Å². The Kier molecular flexibility index (Phi) is 3.68. The molecule has 1 aromatic rings. The van der Waals surface area contributed by atoms with Crippen molar-refractivity contribution in [1.82, 2.24) is 10.6 Å². The van der Waals surface area contributed by atoms with E-state index in [1.165, 1.54) is 7.11 Å². The van der Waals surface area contributed by atoms with E-state index in [0.29, 0.717) is 6.42 Å². The molecule has 2 aliphatic rings. The van der Waals surface area contributed by atoms with Gasteiger partial charge in [-0.05, 0) is 44.2 Å². The van der Waals surface area contributed by atoms with Crippen LogP contribution in [-0.4, -0.2) is 31.1 Å². The number of fused-ring (bicyclic) bond motifs is 1. The third kappa shape index (κ3) is 2.11. The lowest BCUT2D eigenvalue weighted by Gasteiger charge is -2.50. The van der Waals surface area contributed by atoms with E-state index >= 15 is 0 Å². The summed E-state index contributed by atoms with van der Waals surface area (Å²) in [5.74, 6) is -0.424. The predicted octanol–water partition coefficient (Wildman–Crippen LogP) is 1.33. The summed E-state index contributed by atoms with van der Waals surface area (Å²) >= 11 is 0. The summed E-state index contributed by atoms with van der Waals surface area (Å²) in [7, 11) is 1.37. The zero-order valence-corrected chi connectivity index (χ0v) is 13.0. The van der Waals surface area contributed by atoms with Crippen molar-refractivity contribution in [3.05, 3.63) is 35.9 Å². The Hall–Kier alpha value is -1.88. The zero-order chi connectivity index (χ0) is 15.8. The van der Waals surface area contributed by atoms with Crippen molar-refractivity contribution >= 4 is 11.9 Å². The normalized spacial score (nSPS) is 34.5. The highest BCUT2D eigenvalue weighted by Crippen LogP contribution is 2.42. The molecule has 0 radical (unpaired) electrons. The fourth-order valence-electron chi connectivity index (χ4n) is 3.78. The average molecular weight is 302 g/mol. The molecule has 0 aliphatic carbocycles. The van der Waals surface area contributed by atoms with E-state index in [0.717, 1.165) is 24.9 Å². The number of ether oxygens (including phenoxy) is 1. The van der Waals surface area contributed by atoms with Gasteiger partial charge in [0.05, 0.1) is 12.6 Å². The molecule has 1 aromatic carbocycles. The molecule has 2 fully saturated rings. The van der Waals surface area contributed by atoms with Crippen molar-refractivity contribution in [3.63, 3.8) is 0 Å². The molecule has 0 bridgehead atoms. The summed E-state index contributed by atoms with van der Waals surface area (Å²) in [4.78, 5) is 25.3. The van der Waals surface area contributed by atoms with Crippen LogP contribution in [0, 0.1) is 5.92 Å². The van der Waals surface area contributed by atoms with Crippen molar-refractivity contribution in [2.75, 3.05) is 13.7 Å². The first kappa shape index (κ1) is 15.0. The van der Waals surface area contributed by atoms with Crippen molar-refractivity contribution in [1.29, 1.82) is 0 Å². The van der Waals surface area contributed by atoms with E-state index in [4.69, 9.17) is 4.74 Å². The smallest absolute Gasteiger partial charge is 0.336 e. The number of esters is 1. The van der Waals surface area contributed by atoms with Crippen LogP contribution in [0.4, 0.5) is 0 Å². The summed E-state index contributed by atoms with van der Waals surface area (Å²) in [5, 5.41) is 6.29. The molecule has 118 valence electrons. The predicted molar refractivity (Wildman–Crippen MR) is 82.0 cm³/mol. The second-order valence-corrected chi connectivity index (χ2v) is 6.39. The van der Waals surface area contributed by atoms with Gasteiger partial charge in [-0.3, -0.25) is 4.79 Å². The maximum Gasteiger partial charge on any atom is 0.336 e. The monoisotopic (exact) mass is 302 g/mol. The molecule has 5 nitrogen and oxygen atoms in total. The van der Waals surface area contributed by atoms with Crippen LogP contribution in [0.3, 0.4) is 0 Å². The molecule has 2 saturated heterocycles. The number of carbonyl (C=O) groups excluding carboxylic acids is 2. The molecule has 0 aromatic heterocycles. The van der Waals surface area contributed by atoms with Gasteiger partial charge in [0.2, 0.25) is 5.91 Å². The Balaban J connectivity index is 2.05. The molecule has 22 heavy (non-hydrogen) atoms. The van der Waals surface area contributed by atoms with Gasteiger partial charge in [-0.25, -0.2) is 4.79 Å². The van der Waals surface area contributed by atoms with E-state index in [2.05, 4.69) is 10.6 Å². The Labute approximate surface area is 130 Å². The first-order valence-corrected chi connectivity index (χ1v) is 7.74. The molecule has 0 spiro atoms. The summed E-state index contributed by atoms with van der Waals surface area (Å²) in [6.07, 6.45) is 2.50. The minimum absolute atomic E-state index is 0.106. The molecule has 2 N–H and O–H groups in total. The Morgan fingerprint density at radius 1 is 1.32 bits per heavy atom. The van der Waals surface area contributed by atoms with Gasteiger partial charge in [-0.15, -0.1) is 0 Å². The summed E-state index contributed by atoms with van der Waals surface area (Å²) in [6.45, 7) is 2.76. The van der Waals surface area contributed by atoms with E-state index in [-0.39, 0.29) is 11.8 Å². The minimum atomic E-state index is -1.09. The highest BCUT2D eigenvalue weighted by Gasteiger charge is 2.57. The number of hydrogen-bond donors (Lipinski definition) is 2. The summed E-state index contributed by atoms with van der Waals surface area (Å²) < 4.78 is 5.03. The number of rotatable bonds is 2. The quantitative estimate of drug-likeness (QED) is 0.809. The van der Waals surface area contributed by atoms with Crippen LogP contribution >= 0.6 is 0 Å². The number of carbonyl (C=O) groups is 2. The lowest BCUT2D eigenvalue weighted by Crippen LogP contribution is -2.72. The first-order chi connectivity index (χ1) is 10.5. The third-order valence-electron chi connectivity index (χ3n) is 5.19. The van der Waals surface area contributed by atoms with Gasteiger partial charge >= 0.3 is 5.97 Å². The number of amides is 1. The number of methoxy groups -OCH3 is 1. The lowest BCUT2D eigenvalue weighted by molar-refractivity contribution is -0.159. The molecule has 2 aliphatic heterocycles. The van der Waals surface area contributed by atoms with Gasteiger partial charge in [0.25, 0.3) is 0 Å². The van der Waals surface area contributed by atoms with Crippen LogP contribution in [0.15, 0.2) is 30.3 Å². The van der Waals surface area contributed by atoms with Gasteiger partial charge in [-0.1, -0.05) is 30.3 Å². The Bertz CT molecular complexity index is 589. The Morgan fingerprint density at radius 3 is 2.73 bits per heavy atom. The molecule has 3 atom stereocenters. The summed E-state index contributed by atoms with van der Waals surface area (Å²) in [5.41, 5.74) is -0.913. The molecule has 2 heterocycles. The molecule has 3 rings (SSSR count). The number of benzene rings is 1. The van der Waals surface area contributed by atoms with Gasteiger partial charge in [0.15, 0.2) is 5.54 Å². The largest absolute Gasteiger partial charge is 0.467 e. The van der Waals surface area contributed by atoms with Gasteiger partial charge < -0.3 is 15.4 Å². The van der Waals surface area contributed by atoms with E-state index in [9.17, 15) is 9.59 Å². The molecule has 1 amide bonds. The van der Waals surface area contributed by atoms with Crippen LogP contribution in [-0.2, 0) is 19.9 Å². The first-order valence-electron chi connectivity index (χ1n) is 7.74. The van der Waals surface area contributed by atoms with Crippen molar-refractivity contribution in [3.8, 4) is 0 Å². The molecule has 0 saturated carbocycles. The van der Waals surface area contributed by atoms with Gasteiger partial charge in [0.1, 0.15) is 0 Å². The third-order valence-corrected chi connectivity index (χ3v) is 5.19. The minimum Gasteiger partial charge on any atom is -0.467 e. The van der Waals surface area contributed by atoms with E-state index in [1.807, 2.05) is 37.3 Å². The fourth-order valence-corrected chi connectivity index (χ4v) is 3.78. The highest BCUT2D eigenvalue weighted by molar-refractivity contribution is 5.95. The van der Waals surface area contributed by atoms with Crippen molar-refractivity contribution in [2.24, 2.45) is 5.92 Å². The molecular formula is C17H22N2O3. The van der Waals surface area contributed by atoms with Gasteiger partial charge in [0, 0.05) is 0 Å². The second kappa shape index (κ2) is 5.39. The topological polar surface area (TPSA) is 67.4 Å². The van der Waals surface area contributed by atoms with E-state index in [1.54, 1.807) is 0 Å². The second-order valence-electron chi connectivity index (χ2n) is 6.39. The SMILES string of the molecule is COC(=O)[C@]1(c2ccccc2)C[C@@H]2CCCN[C@]2(C)C(=O)N1. The van der Waals surface area contributed by atoms with Crippen LogP contribution in [0.2, 0.25) is 0 Å². The number of piperidine rings is 2. The number of nitrogens with one attached hydrogen (secondary N) is 2. The van der Waals surface area contributed by atoms with Gasteiger partial charge in [-0.2, -0.15) is 0 Å².